The first-order valence-electron chi connectivity index (χ1n) is 16.4. The predicted molar refractivity (Wildman–Crippen MR) is 189 cm³/mol. The van der Waals surface area contributed by atoms with E-state index in [4.69, 9.17) is 0 Å². The Hall–Kier alpha value is -5.02. The Morgan fingerprint density at radius 3 is 1.15 bits per heavy atom. The van der Waals surface area contributed by atoms with Gasteiger partial charge >= 0.3 is 0 Å². The van der Waals surface area contributed by atoms with Crippen LogP contribution >= 0.6 is 0 Å². The highest BCUT2D eigenvalue weighted by molar-refractivity contribution is 5.79. The van der Waals surface area contributed by atoms with Gasteiger partial charge in [0, 0.05) is 23.9 Å². The van der Waals surface area contributed by atoms with E-state index in [-0.39, 0.29) is 36.0 Å². The molecule has 0 amide bonds. The number of hydrogen-bond donors (Lipinski definition) is 2. The summed E-state index contributed by atoms with van der Waals surface area (Å²) < 4.78 is 0. The third-order valence-corrected chi connectivity index (χ3v) is 9.92. The summed E-state index contributed by atoms with van der Waals surface area (Å²) in [5.41, 5.74) is 10.7. The lowest BCUT2D eigenvalue weighted by Crippen LogP contribution is -2.26. The van der Waals surface area contributed by atoms with Crippen LogP contribution < -0.4 is 10.6 Å². The summed E-state index contributed by atoms with van der Waals surface area (Å²) in [7, 11) is 0. The fraction of sp³-hybridized carbons (Fsp3) is 0.136. The van der Waals surface area contributed by atoms with E-state index in [1.54, 1.807) is 0 Å². The standard InChI is InChI=1S/C44H38N2/c1-7-19-31(20-8-1)37-39(43(35-27-15-5-16-28-35)45-41(37)33-23-11-3-12-24-33)40-38(32-21-9-2-10-22-32)42(34-25-13-4-14-26-34)46-44(40)36-29-17-6-18-30-36/h1-30,37,39,41-46H. The lowest BCUT2D eigenvalue weighted by molar-refractivity contribution is 0.452. The molecule has 0 aliphatic carbocycles. The monoisotopic (exact) mass is 594 g/mol. The Morgan fingerprint density at radius 1 is 0.304 bits per heavy atom. The van der Waals surface area contributed by atoms with Gasteiger partial charge in [-0.3, -0.25) is 5.32 Å². The summed E-state index contributed by atoms with van der Waals surface area (Å²) in [5.74, 6) is 0.363. The minimum Gasteiger partial charge on any atom is -0.302 e. The molecule has 0 aromatic heterocycles. The first-order chi connectivity index (χ1) is 22.9. The lowest BCUT2D eigenvalue weighted by Gasteiger charge is -2.32. The van der Waals surface area contributed by atoms with E-state index in [9.17, 15) is 0 Å². The topological polar surface area (TPSA) is 24.1 Å². The van der Waals surface area contributed by atoms with E-state index in [0.717, 1.165) is 0 Å². The third kappa shape index (κ3) is 5.30. The van der Waals surface area contributed by atoms with Crippen molar-refractivity contribution in [3.8, 4) is 0 Å². The van der Waals surface area contributed by atoms with Crippen molar-refractivity contribution >= 4 is 5.57 Å². The van der Waals surface area contributed by atoms with Crippen molar-refractivity contribution in [2.75, 3.05) is 0 Å². The smallest absolute Gasteiger partial charge is 0.0590 e. The molecule has 8 rings (SSSR count). The zero-order valence-corrected chi connectivity index (χ0v) is 25.8. The second kappa shape index (κ2) is 12.8. The Kier molecular flexibility index (Phi) is 7.90. The van der Waals surface area contributed by atoms with E-state index in [1.165, 1.54) is 44.5 Å². The molecule has 1 saturated heterocycles. The van der Waals surface area contributed by atoms with E-state index in [2.05, 4.69) is 193 Å². The SMILES string of the molecule is c1ccc(C2=C(C3C(c4ccccc4)NC(c4ccccc4)C3c3ccccc3)C(c3ccccc3)NC2c2ccccc2)cc1. The fourth-order valence-corrected chi connectivity index (χ4v) is 8.01. The van der Waals surface area contributed by atoms with Crippen LogP contribution in [-0.4, -0.2) is 0 Å². The number of rotatable bonds is 7. The van der Waals surface area contributed by atoms with Gasteiger partial charge < -0.3 is 5.32 Å². The summed E-state index contributed by atoms with van der Waals surface area (Å²) in [6.07, 6.45) is 0. The normalized spacial score (nSPS) is 24.3. The molecule has 0 radical (unpaired) electrons. The first-order valence-corrected chi connectivity index (χ1v) is 16.4. The molecule has 2 N–H and O–H groups in total. The molecule has 2 aliphatic rings. The minimum absolute atomic E-state index is 0.0420. The Labute approximate surface area is 272 Å². The van der Waals surface area contributed by atoms with Gasteiger partial charge in [0.05, 0.1) is 12.1 Å². The minimum atomic E-state index is 0.0420. The van der Waals surface area contributed by atoms with Crippen molar-refractivity contribution in [1.29, 1.82) is 0 Å². The van der Waals surface area contributed by atoms with Gasteiger partial charge in [-0.25, -0.2) is 0 Å². The lowest BCUT2D eigenvalue weighted by atomic mass is 9.70. The van der Waals surface area contributed by atoms with E-state index in [0.29, 0.717) is 0 Å². The van der Waals surface area contributed by atoms with Crippen LogP contribution in [0, 0.1) is 5.92 Å². The van der Waals surface area contributed by atoms with Crippen molar-refractivity contribution < 1.29 is 0 Å². The molecule has 6 aromatic rings. The van der Waals surface area contributed by atoms with Crippen LogP contribution in [-0.2, 0) is 0 Å². The maximum atomic E-state index is 4.24. The first kappa shape index (κ1) is 28.5. The fourth-order valence-electron chi connectivity index (χ4n) is 8.01. The summed E-state index contributed by atoms with van der Waals surface area (Å²) in [5, 5.41) is 8.43. The predicted octanol–water partition coefficient (Wildman–Crippen LogP) is 10.0. The Bertz CT molecular complexity index is 1890. The van der Waals surface area contributed by atoms with Crippen LogP contribution in [0.4, 0.5) is 0 Å². The molecule has 2 heterocycles. The van der Waals surface area contributed by atoms with Gasteiger partial charge in [0.1, 0.15) is 0 Å². The summed E-state index contributed by atoms with van der Waals surface area (Å²) >= 11 is 0. The van der Waals surface area contributed by atoms with Crippen LogP contribution in [0.15, 0.2) is 188 Å². The van der Waals surface area contributed by atoms with Gasteiger partial charge in [0.25, 0.3) is 0 Å². The third-order valence-electron chi connectivity index (χ3n) is 9.92. The number of benzene rings is 6. The molecule has 2 aliphatic heterocycles. The van der Waals surface area contributed by atoms with E-state index < -0.39 is 0 Å². The Balaban J connectivity index is 1.44. The van der Waals surface area contributed by atoms with E-state index in [1.807, 2.05) is 0 Å². The van der Waals surface area contributed by atoms with Gasteiger partial charge in [-0.05, 0) is 44.5 Å². The highest BCUT2D eigenvalue weighted by Gasteiger charge is 2.51. The van der Waals surface area contributed by atoms with Crippen molar-refractivity contribution in [1.82, 2.24) is 10.6 Å². The molecule has 6 atom stereocenters. The molecule has 2 heteroatoms. The maximum Gasteiger partial charge on any atom is 0.0590 e. The average Bonchev–Trinajstić information content (AvgIpc) is 3.74. The molecule has 0 bridgehead atoms. The summed E-state index contributed by atoms with van der Waals surface area (Å²) in [4.78, 5) is 0. The van der Waals surface area contributed by atoms with Crippen molar-refractivity contribution in [3.05, 3.63) is 221 Å². The zero-order chi connectivity index (χ0) is 30.7. The average molecular weight is 595 g/mol. The second-order valence-electron chi connectivity index (χ2n) is 12.5. The molecule has 0 saturated carbocycles. The number of hydrogen-bond acceptors (Lipinski definition) is 2. The molecule has 2 nitrogen and oxygen atoms in total. The Morgan fingerprint density at radius 2 is 0.674 bits per heavy atom. The molecular formula is C44H38N2. The van der Waals surface area contributed by atoms with Crippen molar-refractivity contribution in [2.45, 2.75) is 30.1 Å². The van der Waals surface area contributed by atoms with Gasteiger partial charge in [0.15, 0.2) is 0 Å². The van der Waals surface area contributed by atoms with Crippen molar-refractivity contribution in [3.63, 3.8) is 0 Å². The number of nitrogens with one attached hydrogen (secondary N) is 2. The van der Waals surface area contributed by atoms with Crippen LogP contribution in [0.2, 0.25) is 0 Å². The van der Waals surface area contributed by atoms with E-state index >= 15 is 0 Å². The maximum absolute atomic E-state index is 4.24. The second-order valence-corrected chi connectivity index (χ2v) is 12.5. The van der Waals surface area contributed by atoms with Gasteiger partial charge in [0.2, 0.25) is 0 Å². The molecule has 1 fully saturated rings. The van der Waals surface area contributed by atoms with Gasteiger partial charge in [-0.1, -0.05) is 182 Å². The molecule has 224 valence electrons. The van der Waals surface area contributed by atoms with Gasteiger partial charge in [-0.2, -0.15) is 0 Å². The molecule has 0 spiro atoms. The summed E-state index contributed by atoms with van der Waals surface area (Å²) in [6.45, 7) is 0. The molecule has 6 unspecified atom stereocenters. The highest BCUT2D eigenvalue weighted by Crippen LogP contribution is 2.59. The van der Waals surface area contributed by atoms with Crippen LogP contribution in [0.3, 0.4) is 0 Å². The highest BCUT2D eigenvalue weighted by atomic mass is 15.1. The zero-order valence-electron chi connectivity index (χ0n) is 25.8. The van der Waals surface area contributed by atoms with Crippen LogP contribution in [0.5, 0.6) is 0 Å². The van der Waals surface area contributed by atoms with Crippen LogP contribution in [0.1, 0.15) is 63.5 Å². The van der Waals surface area contributed by atoms with Gasteiger partial charge in [-0.15, -0.1) is 0 Å². The van der Waals surface area contributed by atoms with Crippen LogP contribution in [0.25, 0.3) is 5.57 Å². The molecule has 46 heavy (non-hydrogen) atoms. The van der Waals surface area contributed by atoms with Crippen molar-refractivity contribution in [2.24, 2.45) is 5.92 Å². The molecular weight excluding hydrogens is 556 g/mol. The largest absolute Gasteiger partial charge is 0.302 e. The quantitative estimate of drug-likeness (QED) is 0.192. The summed E-state index contributed by atoms with van der Waals surface area (Å²) in [6, 6.07) is 66.8. The molecule has 6 aromatic carbocycles.